The van der Waals surface area contributed by atoms with E-state index in [1.807, 2.05) is 14.1 Å². The van der Waals surface area contributed by atoms with Gasteiger partial charge in [0.05, 0.1) is 12.1 Å². The second kappa shape index (κ2) is 9.71. The fourth-order valence-corrected chi connectivity index (χ4v) is 4.60. The molecule has 5 rings (SSSR count). The highest BCUT2D eigenvalue weighted by atomic mass is 19.1. The smallest absolute Gasteiger partial charge is 0.330 e. The van der Waals surface area contributed by atoms with Gasteiger partial charge in [0, 0.05) is 67.7 Å². The number of benzene rings is 1. The van der Waals surface area contributed by atoms with Crippen LogP contribution in [0.2, 0.25) is 0 Å². The molecule has 35 heavy (non-hydrogen) atoms. The van der Waals surface area contributed by atoms with Crippen LogP contribution in [-0.4, -0.2) is 69.7 Å². The highest BCUT2D eigenvalue weighted by Gasteiger charge is 2.25. The number of pyridine rings is 1. The summed E-state index contributed by atoms with van der Waals surface area (Å²) in [5.74, 6) is 0.0712. The summed E-state index contributed by atoms with van der Waals surface area (Å²) in [5, 5.41) is 9.14. The van der Waals surface area contributed by atoms with Crippen molar-refractivity contribution in [2.45, 2.75) is 25.3 Å². The minimum absolute atomic E-state index is 0.00792. The number of halogens is 1. The first kappa shape index (κ1) is 23.4. The van der Waals surface area contributed by atoms with Gasteiger partial charge in [-0.3, -0.25) is 9.13 Å². The molecule has 0 bridgehead atoms. The zero-order valence-electron chi connectivity index (χ0n) is 20.2. The predicted molar refractivity (Wildman–Crippen MR) is 131 cm³/mol. The maximum absolute atomic E-state index is 15.1. The van der Waals surface area contributed by atoms with Crippen molar-refractivity contribution in [2.24, 2.45) is 7.05 Å². The first-order valence-corrected chi connectivity index (χ1v) is 11.8. The Morgan fingerprint density at radius 2 is 2.00 bits per heavy atom. The molecular weight excluding hydrogens is 451 g/mol. The van der Waals surface area contributed by atoms with E-state index in [0.717, 1.165) is 25.8 Å². The lowest BCUT2D eigenvalue weighted by Gasteiger charge is -2.23. The molecule has 1 fully saturated rings. The molecule has 0 amide bonds. The maximum Gasteiger partial charge on any atom is 0.330 e. The number of nitrogens with zero attached hydrogens (tertiary/aromatic N) is 6. The van der Waals surface area contributed by atoms with Gasteiger partial charge in [0.2, 0.25) is 5.88 Å². The van der Waals surface area contributed by atoms with Crippen molar-refractivity contribution in [3.63, 3.8) is 0 Å². The van der Waals surface area contributed by atoms with Gasteiger partial charge in [0.1, 0.15) is 11.3 Å². The lowest BCUT2D eigenvalue weighted by Crippen LogP contribution is -2.29. The van der Waals surface area contributed by atoms with Crippen LogP contribution in [0.1, 0.15) is 25.3 Å². The van der Waals surface area contributed by atoms with E-state index in [2.05, 4.69) is 20.1 Å². The number of fused-ring (bicyclic) bond motifs is 3. The Morgan fingerprint density at radius 3 is 2.71 bits per heavy atom. The third-order valence-corrected chi connectivity index (χ3v) is 6.46. The number of rotatable bonds is 7. The number of hydrogen-bond donors (Lipinski definition) is 0. The van der Waals surface area contributed by atoms with Gasteiger partial charge < -0.3 is 14.4 Å². The van der Waals surface area contributed by atoms with E-state index >= 15 is 4.39 Å². The van der Waals surface area contributed by atoms with E-state index in [9.17, 15) is 4.79 Å². The molecular formula is C25H29FN6O3. The van der Waals surface area contributed by atoms with E-state index in [1.54, 1.807) is 36.0 Å². The Bertz CT molecular complexity index is 1410. The Morgan fingerprint density at radius 1 is 1.20 bits per heavy atom. The quantitative estimate of drug-likeness (QED) is 0.376. The third kappa shape index (κ3) is 4.51. The van der Waals surface area contributed by atoms with E-state index in [1.165, 1.54) is 10.6 Å². The number of aryl methyl sites for hydroxylation is 1. The molecule has 0 unspecified atom stereocenters. The summed E-state index contributed by atoms with van der Waals surface area (Å²) in [7, 11) is 5.72. The molecule has 0 radical (unpaired) electrons. The molecule has 0 saturated carbocycles. The topological polar surface area (TPSA) is 87.3 Å². The zero-order valence-corrected chi connectivity index (χ0v) is 20.2. The summed E-state index contributed by atoms with van der Waals surface area (Å²) >= 11 is 0. The molecule has 1 aliphatic rings. The molecule has 0 atom stereocenters. The maximum atomic E-state index is 15.1. The van der Waals surface area contributed by atoms with E-state index in [4.69, 9.17) is 9.47 Å². The fourth-order valence-electron chi connectivity index (χ4n) is 4.60. The first-order chi connectivity index (χ1) is 16.9. The van der Waals surface area contributed by atoms with Gasteiger partial charge in [-0.15, -0.1) is 10.2 Å². The fraction of sp³-hybridized carbons (Fsp3) is 0.440. The predicted octanol–water partition coefficient (Wildman–Crippen LogP) is 3.17. The van der Waals surface area contributed by atoms with E-state index < -0.39 is 5.82 Å². The molecule has 1 saturated heterocycles. The van der Waals surface area contributed by atoms with Crippen LogP contribution in [0.5, 0.6) is 5.88 Å². The molecule has 1 aliphatic heterocycles. The lowest BCUT2D eigenvalue weighted by atomic mass is 10.0. The standard InChI is InChI=1S/C25H29FN6O3/c1-30(2)9-4-10-35-22-6-5-16(15-27-22)18-13-19-21(14-20(18)26)28-29-24-23(19)32(25(33)31(24)3)17-7-11-34-12-8-17/h5-6,13-15,17H,4,7-12H2,1-3H3. The SMILES string of the molecule is CN(C)CCCOc1ccc(-c2cc3c(cc2F)nnc2c3n(C3CCOCC3)c(=O)n2C)cn1. The van der Waals surface area contributed by atoms with Crippen LogP contribution in [-0.2, 0) is 11.8 Å². The summed E-state index contributed by atoms with van der Waals surface area (Å²) in [6, 6.07) is 6.64. The summed E-state index contributed by atoms with van der Waals surface area (Å²) < 4.78 is 29.6. The van der Waals surface area contributed by atoms with Gasteiger partial charge in [0.15, 0.2) is 5.65 Å². The molecule has 184 valence electrons. The molecule has 0 aliphatic carbocycles. The van der Waals surface area contributed by atoms with Gasteiger partial charge in [0.25, 0.3) is 0 Å². The Labute approximate surface area is 202 Å². The highest BCUT2D eigenvalue weighted by Crippen LogP contribution is 2.32. The molecule has 9 nitrogen and oxygen atoms in total. The Kier molecular flexibility index (Phi) is 6.48. The van der Waals surface area contributed by atoms with E-state index in [0.29, 0.717) is 58.9 Å². The van der Waals surface area contributed by atoms with E-state index in [-0.39, 0.29) is 11.7 Å². The van der Waals surface area contributed by atoms with Gasteiger partial charge in [-0.25, -0.2) is 14.2 Å². The molecule has 4 heterocycles. The second-order valence-corrected chi connectivity index (χ2v) is 9.17. The van der Waals surface area contributed by atoms with Crippen LogP contribution >= 0.6 is 0 Å². The van der Waals surface area contributed by atoms with Crippen molar-refractivity contribution >= 4 is 22.1 Å². The average Bonchev–Trinajstić information content (AvgIpc) is 3.12. The van der Waals surface area contributed by atoms with Crippen LogP contribution in [0.25, 0.3) is 33.2 Å². The number of ether oxygens (including phenoxy) is 2. The molecule has 0 N–H and O–H groups in total. The monoisotopic (exact) mass is 480 g/mol. The summed E-state index contributed by atoms with van der Waals surface area (Å²) in [6.45, 7) is 2.68. The minimum Gasteiger partial charge on any atom is -0.478 e. The van der Waals surface area contributed by atoms with Gasteiger partial charge in [-0.2, -0.15) is 0 Å². The van der Waals surface area contributed by atoms with Crippen LogP contribution in [0, 0.1) is 5.82 Å². The van der Waals surface area contributed by atoms with Crippen molar-refractivity contribution in [1.29, 1.82) is 0 Å². The zero-order chi connectivity index (χ0) is 24.5. The Balaban J connectivity index is 1.55. The largest absolute Gasteiger partial charge is 0.478 e. The minimum atomic E-state index is -0.427. The van der Waals surface area contributed by atoms with Crippen molar-refractivity contribution in [3.05, 3.63) is 46.8 Å². The van der Waals surface area contributed by atoms with Crippen LogP contribution in [0.3, 0.4) is 0 Å². The van der Waals surface area contributed by atoms with Crippen LogP contribution < -0.4 is 10.4 Å². The van der Waals surface area contributed by atoms with Gasteiger partial charge >= 0.3 is 5.69 Å². The Hall–Kier alpha value is -3.37. The molecule has 4 aromatic rings. The van der Waals surface area contributed by atoms with Gasteiger partial charge in [-0.05, 0) is 45.5 Å². The number of aromatic nitrogens is 5. The molecule has 1 aromatic carbocycles. The van der Waals surface area contributed by atoms with Crippen LogP contribution in [0.15, 0.2) is 35.3 Å². The lowest BCUT2D eigenvalue weighted by molar-refractivity contribution is 0.0697. The van der Waals surface area contributed by atoms with Gasteiger partial charge in [-0.1, -0.05) is 0 Å². The van der Waals surface area contributed by atoms with Crippen molar-refractivity contribution in [2.75, 3.05) is 40.5 Å². The van der Waals surface area contributed by atoms with Crippen molar-refractivity contribution in [3.8, 4) is 17.0 Å². The van der Waals surface area contributed by atoms with Crippen LogP contribution in [0.4, 0.5) is 4.39 Å². The van der Waals surface area contributed by atoms with Crippen molar-refractivity contribution < 1.29 is 13.9 Å². The average molecular weight is 481 g/mol. The summed E-state index contributed by atoms with van der Waals surface area (Å²) in [5.41, 5.74) is 2.39. The number of hydrogen-bond acceptors (Lipinski definition) is 7. The molecule has 0 spiro atoms. The third-order valence-electron chi connectivity index (χ3n) is 6.46. The summed E-state index contributed by atoms with van der Waals surface area (Å²) in [6.07, 6.45) is 3.96. The molecule has 3 aromatic heterocycles. The normalized spacial score (nSPS) is 14.9. The second-order valence-electron chi connectivity index (χ2n) is 9.17. The number of imidazole rings is 1. The highest BCUT2D eigenvalue weighted by molar-refractivity contribution is 6.02. The first-order valence-electron chi connectivity index (χ1n) is 11.8. The molecule has 10 heteroatoms. The summed E-state index contributed by atoms with van der Waals surface area (Å²) in [4.78, 5) is 19.6. The van der Waals surface area contributed by atoms with Crippen molar-refractivity contribution in [1.82, 2.24) is 29.2 Å².